The van der Waals surface area contributed by atoms with Crippen LogP contribution in [0.25, 0.3) is 4.85 Å². The van der Waals surface area contributed by atoms with E-state index in [1.54, 1.807) is 11.1 Å². The van der Waals surface area contributed by atoms with Crippen molar-refractivity contribution in [2.75, 3.05) is 41.9 Å². The molecule has 2 aromatic rings. The van der Waals surface area contributed by atoms with Crippen molar-refractivity contribution in [2.45, 2.75) is 50.6 Å². The summed E-state index contributed by atoms with van der Waals surface area (Å²) in [6.07, 6.45) is 6.48. The molecule has 2 aliphatic heterocycles. The summed E-state index contributed by atoms with van der Waals surface area (Å²) in [5, 5.41) is 0.484. The van der Waals surface area contributed by atoms with Crippen molar-refractivity contribution in [2.24, 2.45) is 0 Å². The number of benzene rings is 1. The Labute approximate surface area is 206 Å². The molecule has 0 bridgehead atoms. The van der Waals surface area contributed by atoms with Crippen molar-refractivity contribution in [3.63, 3.8) is 0 Å². The molecule has 0 atom stereocenters. The van der Waals surface area contributed by atoms with E-state index in [0.29, 0.717) is 22.7 Å². The number of carbonyl (C=O) groups is 1. The van der Waals surface area contributed by atoms with Gasteiger partial charge in [0.15, 0.2) is 5.11 Å². The first kappa shape index (κ1) is 22.8. The molecule has 1 amide bonds. The molecule has 3 fully saturated rings. The predicted molar refractivity (Wildman–Crippen MR) is 140 cm³/mol. The number of thiocarbonyl (C=S) groups is 1. The first-order valence-electron chi connectivity index (χ1n) is 11.9. The molecular formula is C26H30N6OS. The summed E-state index contributed by atoms with van der Waals surface area (Å²) in [7, 11) is 4.35. The Morgan fingerprint density at radius 1 is 1.18 bits per heavy atom. The number of rotatable bonds is 4. The van der Waals surface area contributed by atoms with Gasteiger partial charge in [0.05, 0.1) is 5.69 Å². The van der Waals surface area contributed by atoms with Gasteiger partial charge in [-0.2, -0.15) is 0 Å². The van der Waals surface area contributed by atoms with Gasteiger partial charge in [-0.3, -0.25) is 9.69 Å². The zero-order valence-corrected chi connectivity index (χ0v) is 20.8. The van der Waals surface area contributed by atoms with E-state index in [1.807, 2.05) is 17.9 Å². The van der Waals surface area contributed by atoms with Crippen LogP contribution in [0.1, 0.15) is 37.7 Å². The molecule has 1 aliphatic carbocycles. The number of amides is 1. The first-order valence-corrected chi connectivity index (χ1v) is 12.3. The Balaban J connectivity index is 1.43. The Morgan fingerprint density at radius 2 is 1.85 bits per heavy atom. The standard InChI is InChI=1S/C26H30N6OS/c1-18-16-22(17-28-23(18)27-2)31-24(33)26(12-5-13-26)32(25(31)34)21-8-6-19(7-9-21)30(4)20-10-14-29(3)15-11-20/h6-9,16-17,20H,5,10-15H2,1,3-4H3. The van der Waals surface area contributed by atoms with Gasteiger partial charge in [0.25, 0.3) is 11.7 Å². The van der Waals surface area contributed by atoms with Gasteiger partial charge in [-0.05, 0) is 107 Å². The summed E-state index contributed by atoms with van der Waals surface area (Å²) in [5.74, 6) is 0.355. The van der Waals surface area contributed by atoms with Crippen molar-refractivity contribution >= 4 is 46.1 Å². The summed E-state index contributed by atoms with van der Waals surface area (Å²) < 4.78 is 0. The van der Waals surface area contributed by atoms with E-state index in [9.17, 15) is 4.79 Å². The molecule has 3 aliphatic rings. The van der Waals surface area contributed by atoms with Gasteiger partial charge in [0.2, 0.25) is 0 Å². The van der Waals surface area contributed by atoms with Gasteiger partial charge in [0, 0.05) is 24.5 Å². The highest BCUT2D eigenvalue weighted by atomic mass is 32.1. The summed E-state index contributed by atoms with van der Waals surface area (Å²) in [5.41, 5.74) is 2.88. The van der Waals surface area contributed by atoms with Crippen LogP contribution in [0.2, 0.25) is 0 Å². The van der Waals surface area contributed by atoms with Crippen molar-refractivity contribution in [3.05, 3.63) is 53.5 Å². The average molecular weight is 475 g/mol. The van der Waals surface area contributed by atoms with E-state index in [2.05, 4.69) is 58.0 Å². The fourth-order valence-electron chi connectivity index (χ4n) is 5.43. The van der Waals surface area contributed by atoms with E-state index < -0.39 is 5.54 Å². The van der Waals surface area contributed by atoms with Crippen molar-refractivity contribution in [1.29, 1.82) is 0 Å². The minimum Gasteiger partial charge on any atom is -0.372 e. The van der Waals surface area contributed by atoms with E-state index in [0.717, 1.165) is 56.4 Å². The van der Waals surface area contributed by atoms with Gasteiger partial charge in [0.1, 0.15) is 11.7 Å². The number of hydrogen-bond donors (Lipinski definition) is 0. The average Bonchev–Trinajstić information content (AvgIpc) is 3.06. The number of aryl methyl sites for hydroxylation is 1. The van der Waals surface area contributed by atoms with Gasteiger partial charge < -0.3 is 19.5 Å². The zero-order valence-electron chi connectivity index (χ0n) is 20.0. The number of aromatic nitrogens is 1. The van der Waals surface area contributed by atoms with Gasteiger partial charge in [-0.25, -0.2) is 0 Å². The lowest BCUT2D eigenvalue weighted by atomic mass is 9.75. The molecule has 1 spiro atoms. The fraction of sp³-hybridized carbons (Fsp3) is 0.462. The fourth-order valence-corrected chi connectivity index (χ4v) is 5.90. The predicted octanol–water partition coefficient (Wildman–Crippen LogP) is 4.53. The Kier molecular flexibility index (Phi) is 5.78. The molecule has 0 N–H and O–H groups in total. The molecular weight excluding hydrogens is 444 g/mol. The minimum absolute atomic E-state index is 0.00744. The molecule has 7 nitrogen and oxygen atoms in total. The largest absolute Gasteiger partial charge is 0.372 e. The van der Waals surface area contributed by atoms with Crippen LogP contribution in [-0.2, 0) is 4.79 Å². The maximum atomic E-state index is 13.7. The molecule has 1 aromatic heterocycles. The molecule has 1 aromatic carbocycles. The molecule has 2 saturated heterocycles. The molecule has 3 heterocycles. The second-order valence-electron chi connectivity index (χ2n) is 9.75. The number of likely N-dealkylation sites (tertiary alicyclic amines) is 1. The van der Waals surface area contributed by atoms with E-state index in [-0.39, 0.29) is 5.91 Å². The second-order valence-corrected chi connectivity index (χ2v) is 10.1. The van der Waals surface area contributed by atoms with Crippen molar-refractivity contribution in [3.8, 4) is 0 Å². The van der Waals surface area contributed by atoms with E-state index in [4.69, 9.17) is 18.8 Å². The maximum absolute atomic E-state index is 13.7. The van der Waals surface area contributed by atoms with Crippen LogP contribution in [-0.4, -0.2) is 59.7 Å². The second kappa shape index (κ2) is 8.64. The quantitative estimate of drug-likeness (QED) is 0.479. The third-order valence-corrected chi connectivity index (χ3v) is 8.11. The number of carbonyl (C=O) groups excluding carboxylic acids is 1. The Bertz CT molecular complexity index is 1160. The molecule has 34 heavy (non-hydrogen) atoms. The third kappa shape index (κ3) is 3.55. The maximum Gasteiger partial charge on any atom is 0.272 e. The first-order chi connectivity index (χ1) is 16.4. The molecule has 5 rings (SSSR count). The van der Waals surface area contributed by atoms with Crippen LogP contribution in [0.4, 0.5) is 22.9 Å². The molecule has 176 valence electrons. The van der Waals surface area contributed by atoms with E-state index in [1.165, 1.54) is 5.69 Å². The highest BCUT2D eigenvalue weighted by Crippen LogP contribution is 2.48. The number of pyridine rings is 1. The van der Waals surface area contributed by atoms with Crippen LogP contribution in [0.3, 0.4) is 0 Å². The van der Waals surface area contributed by atoms with Gasteiger partial charge >= 0.3 is 0 Å². The summed E-state index contributed by atoms with van der Waals surface area (Å²) in [4.78, 5) is 29.8. The zero-order chi connectivity index (χ0) is 24.0. The Hall–Kier alpha value is -3.02. The molecule has 8 heteroatoms. The molecule has 0 unspecified atom stereocenters. The van der Waals surface area contributed by atoms with Crippen LogP contribution >= 0.6 is 12.2 Å². The van der Waals surface area contributed by atoms with Crippen LogP contribution in [0.15, 0.2) is 36.5 Å². The summed E-state index contributed by atoms with van der Waals surface area (Å²) in [6.45, 7) is 11.3. The van der Waals surface area contributed by atoms with E-state index >= 15 is 0 Å². The van der Waals surface area contributed by atoms with Crippen molar-refractivity contribution in [1.82, 2.24) is 9.88 Å². The van der Waals surface area contributed by atoms with Crippen LogP contribution < -0.4 is 14.7 Å². The highest BCUT2D eigenvalue weighted by molar-refractivity contribution is 7.81. The van der Waals surface area contributed by atoms with Gasteiger partial charge in [-0.15, -0.1) is 4.98 Å². The monoisotopic (exact) mass is 474 g/mol. The smallest absolute Gasteiger partial charge is 0.272 e. The minimum atomic E-state index is -0.620. The number of nitrogens with zero attached hydrogens (tertiary/aromatic N) is 6. The van der Waals surface area contributed by atoms with Gasteiger partial charge in [-0.1, -0.05) is 6.57 Å². The number of piperidine rings is 1. The van der Waals surface area contributed by atoms with Crippen LogP contribution in [0, 0.1) is 13.5 Å². The van der Waals surface area contributed by atoms with Crippen LogP contribution in [0.5, 0.6) is 0 Å². The number of anilines is 3. The summed E-state index contributed by atoms with van der Waals surface area (Å²) in [6, 6.07) is 10.8. The highest BCUT2D eigenvalue weighted by Gasteiger charge is 2.59. The lowest BCUT2D eigenvalue weighted by molar-refractivity contribution is -0.123. The molecule has 0 radical (unpaired) electrons. The van der Waals surface area contributed by atoms with Crippen molar-refractivity contribution < 1.29 is 4.79 Å². The topological polar surface area (TPSA) is 47.3 Å². The summed E-state index contributed by atoms with van der Waals surface area (Å²) >= 11 is 5.88. The lowest BCUT2D eigenvalue weighted by Gasteiger charge is -2.43. The normalized spacial score (nSPS) is 20.5. The lowest BCUT2D eigenvalue weighted by Crippen LogP contribution is -2.55. The number of hydrogen-bond acceptors (Lipinski definition) is 5. The molecule has 1 saturated carbocycles. The third-order valence-electron chi connectivity index (χ3n) is 7.74. The Morgan fingerprint density at radius 3 is 2.41 bits per heavy atom. The SMILES string of the molecule is [C-]#[N+]c1ncc(N2C(=O)C3(CCC3)N(c3ccc(N(C)C4CCN(C)CC4)cc3)C2=S)cc1C.